The van der Waals surface area contributed by atoms with Gasteiger partial charge < -0.3 is 9.47 Å². The molecule has 0 bridgehead atoms. The number of carbonyl (C=O) groups is 3. The molecule has 3 saturated carbocycles. The van der Waals surface area contributed by atoms with Gasteiger partial charge in [0.1, 0.15) is 6.10 Å². The molecule has 3 aliphatic carbocycles. The van der Waals surface area contributed by atoms with Crippen LogP contribution in [0.4, 0.5) is 0 Å². The second-order valence-electron chi connectivity index (χ2n) is 12.4. The summed E-state index contributed by atoms with van der Waals surface area (Å²) in [6.07, 6.45) is 8.88. The molecule has 0 aliphatic heterocycles. The lowest BCUT2D eigenvalue weighted by Crippen LogP contribution is -2.59. The van der Waals surface area contributed by atoms with Gasteiger partial charge in [-0.2, -0.15) is 0 Å². The molecule has 2 aromatic carbocycles. The molecule has 3 fully saturated rings. The number of rotatable bonds is 7. The van der Waals surface area contributed by atoms with E-state index in [2.05, 4.69) is 13.8 Å². The van der Waals surface area contributed by atoms with Crippen LogP contribution in [0.25, 0.3) is 0 Å². The van der Waals surface area contributed by atoms with Crippen LogP contribution in [0.2, 0.25) is 0 Å². The quantitative estimate of drug-likeness (QED) is 0.286. The first kappa shape index (κ1) is 27.6. The van der Waals surface area contributed by atoms with Gasteiger partial charge in [-0.05, 0) is 73.7 Å². The summed E-state index contributed by atoms with van der Waals surface area (Å²) < 4.78 is 11.4. The Labute approximate surface area is 232 Å². The Morgan fingerprint density at radius 2 is 1.59 bits per heavy atom. The Hall–Kier alpha value is -2.95. The Morgan fingerprint density at radius 3 is 2.31 bits per heavy atom. The molecule has 5 rings (SSSR count). The number of aryl methyl sites for hydroxylation is 1. The largest absolute Gasteiger partial charge is 0.469 e. The van der Waals surface area contributed by atoms with Crippen LogP contribution in [0.5, 0.6) is 0 Å². The molecule has 0 aromatic heterocycles. The van der Waals surface area contributed by atoms with E-state index in [9.17, 15) is 14.4 Å². The van der Waals surface area contributed by atoms with Gasteiger partial charge in [0.25, 0.3) is 0 Å². The van der Waals surface area contributed by atoms with Crippen molar-refractivity contribution in [3.63, 3.8) is 0 Å². The Balaban J connectivity index is 1.17. The molecule has 0 amide bonds. The molecule has 0 radical (unpaired) electrons. The Morgan fingerprint density at radius 1 is 0.872 bits per heavy atom. The van der Waals surface area contributed by atoms with E-state index >= 15 is 0 Å². The lowest BCUT2D eigenvalue weighted by atomic mass is 9.43. The third kappa shape index (κ3) is 5.17. The van der Waals surface area contributed by atoms with Crippen LogP contribution in [0.3, 0.4) is 0 Å². The molecular formula is C34H42O5. The zero-order valence-corrected chi connectivity index (χ0v) is 23.6. The van der Waals surface area contributed by atoms with Crippen LogP contribution < -0.4 is 0 Å². The first-order chi connectivity index (χ1) is 18.8. The van der Waals surface area contributed by atoms with Crippen molar-refractivity contribution in [3.05, 3.63) is 71.3 Å². The fourth-order valence-corrected chi connectivity index (χ4v) is 8.47. The normalized spacial score (nSPS) is 31.9. The number of fused-ring (bicyclic) bond motifs is 3. The van der Waals surface area contributed by atoms with Crippen LogP contribution in [0, 0.1) is 28.6 Å². The van der Waals surface area contributed by atoms with E-state index in [1.165, 1.54) is 13.5 Å². The summed E-state index contributed by atoms with van der Waals surface area (Å²) in [6.45, 7) is 4.64. The highest BCUT2D eigenvalue weighted by Gasteiger charge is 2.62. The van der Waals surface area contributed by atoms with Crippen molar-refractivity contribution < 1.29 is 23.9 Å². The first-order valence-electron chi connectivity index (χ1n) is 14.7. The van der Waals surface area contributed by atoms with Crippen LogP contribution in [0.1, 0.15) is 93.1 Å². The molecule has 2 aromatic rings. The van der Waals surface area contributed by atoms with Crippen molar-refractivity contribution in [2.24, 2.45) is 28.6 Å². The zero-order chi connectivity index (χ0) is 27.6. The summed E-state index contributed by atoms with van der Waals surface area (Å²) in [5.74, 6) is 0.899. The predicted molar refractivity (Wildman–Crippen MR) is 150 cm³/mol. The molecule has 0 saturated heterocycles. The second-order valence-corrected chi connectivity index (χ2v) is 12.4. The third-order valence-electron chi connectivity index (χ3n) is 10.5. The fourth-order valence-electron chi connectivity index (χ4n) is 8.47. The SMILES string of the molecule is COC(=O)[C@]12CCCC[C@@H]1[C@@]1(C)CC[C@@H](OC(=O)CCc3ccc(C(=O)c4ccccc4)cc3)[C@@H](C)[C@@H]1CC2. The predicted octanol–water partition coefficient (Wildman–Crippen LogP) is 6.96. The van der Waals surface area contributed by atoms with E-state index in [0.717, 1.165) is 50.5 Å². The molecule has 6 atom stereocenters. The number of methoxy groups -OCH3 is 1. The number of hydrogen-bond donors (Lipinski definition) is 0. The minimum atomic E-state index is -0.331. The highest BCUT2D eigenvalue weighted by atomic mass is 16.5. The highest BCUT2D eigenvalue weighted by molar-refractivity contribution is 6.08. The van der Waals surface area contributed by atoms with E-state index in [1.54, 1.807) is 0 Å². The van der Waals surface area contributed by atoms with Gasteiger partial charge in [0.2, 0.25) is 0 Å². The Kier molecular flexibility index (Phi) is 7.98. The second kappa shape index (κ2) is 11.3. The average molecular weight is 531 g/mol. The van der Waals surface area contributed by atoms with E-state index in [0.29, 0.717) is 35.8 Å². The number of esters is 2. The van der Waals surface area contributed by atoms with Gasteiger partial charge in [-0.3, -0.25) is 14.4 Å². The molecule has 5 heteroatoms. The monoisotopic (exact) mass is 530 g/mol. The van der Waals surface area contributed by atoms with Crippen molar-refractivity contribution in [1.82, 2.24) is 0 Å². The van der Waals surface area contributed by atoms with E-state index < -0.39 is 0 Å². The van der Waals surface area contributed by atoms with Crippen LogP contribution in [-0.2, 0) is 25.5 Å². The summed E-state index contributed by atoms with van der Waals surface area (Å²) in [6, 6.07) is 16.8. The molecule has 0 unspecified atom stereocenters. The number of ketones is 1. The minimum absolute atomic E-state index is 0.000358. The summed E-state index contributed by atoms with van der Waals surface area (Å²) in [4.78, 5) is 38.6. The third-order valence-corrected chi connectivity index (χ3v) is 10.5. The van der Waals surface area contributed by atoms with Crippen molar-refractivity contribution in [3.8, 4) is 0 Å². The molecule has 0 spiro atoms. The molecule has 0 heterocycles. The summed E-state index contributed by atoms with van der Waals surface area (Å²) in [5.41, 5.74) is 2.08. The van der Waals surface area contributed by atoms with Crippen molar-refractivity contribution in [1.29, 1.82) is 0 Å². The topological polar surface area (TPSA) is 69.7 Å². The molecule has 208 valence electrons. The van der Waals surface area contributed by atoms with Crippen LogP contribution in [0.15, 0.2) is 54.6 Å². The number of benzene rings is 2. The average Bonchev–Trinajstić information content (AvgIpc) is 2.97. The maximum atomic E-state index is 13.0. The maximum Gasteiger partial charge on any atom is 0.312 e. The molecule has 3 aliphatic rings. The number of ether oxygens (including phenoxy) is 2. The van der Waals surface area contributed by atoms with Crippen LogP contribution >= 0.6 is 0 Å². The maximum absolute atomic E-state index is 13.0. The van der Waals surface area contributed by atoms with Gasteiger partial charge in [-0.25, -0.2) is 0 Å². The lowest BCUT2D eigenvalue weighted by Gasteiger charge is -2.61. The molecule has 5 nitrogen and oxygen atoms in total. The zero-order valence-electron chi connectivity index (χ0n) is 23.6. The smallest absolute Gasteiger partial charge is 0.312 e. The highest BCUT2D eigenvalue weighted by Crippen LogP contribution is 2.65. The first-order valence-corrected chi connectivity index (χ1v) is 14.7. The molecular weight excluding hydrogens is 488 g/mol. The fraction of sp³-hybridized carbons (Fsp3) is 0.559. The minimum Gasteiger partial charge on any atom is -0.469 e. The summed E-state index contributed by atoms with van der Waals surface area (Å²) in [7, 11) is 1.54. The van der Waals surface area contributed by atoms with Crippen molar-refractivity contribution in [2.45, 2.75) is 84.2 Å². The van der Waals surface area contributed by atoms with Gasteiger partial charge in [-0.1, -0.05) is 81.3 Å². The lowest BCUT2D eigenvalue weighted by molar-refractivity contribution is -0.193. The standard InChI is InChI=1S/C34H42O5/c1-23-27-18-22-34(32(37)38-3)20-8-7-11-29(34)33(27,2)21-19-28(23)39-30(35)17-14-24-12-15-26(16-13-24)31(36)25-9-5-4-6-10-25/h4-6,9-10,12-13,15-16,23,27-29H,7-8,11,14,17-22H2,1-3H3/t23-,27-,28+,29+,33-,34-/m0/s1. The molecule has 0 N–H and O–H groups in total. The van der Waals surface area contributed by atoms with Gasteiger partial charge in [0.05, 0.1) is 12.5 Å². The van der Waals surface area contributed by atoms with Gasteiger partial charge >= 0.3 is 11.9 Å². The summed E-state index contributed by atoms with van der Waals surface area (Å²) >= 11 is 0. The van der Waals surface area contributed by atoms with Gasteiger partial charge in [0, 0.05) is 17.5 Å². The number of hydrogen-bond acceptors (Lipinski definition) is 5. The number of carbonyl (C=O) groups excluding carboxylic acids is 3. The van der Waals surface area contributed by atoms with E-state index in [-0.39, 0.29) is 40.6 Å². The van der Waals surface area contributed by atoms with Crippen LogP contribution in [-0.4, -0.2) is 30.9 Å². The van der Waals surface area contributed by atoms with Crippen molar-refractivity contribution in [2.75, 3.05) is 7.11 Å². The van der Waals surface area contributed by atoms with E-state index in [1.807, 2.05) is 54.6 Å². The summed E-state index contributed by atoms with van der Waals surface area (Å²) in [5, 5.41) is 0. The Bertz CT molecular complexity index is 1190. The van der Waals surface area contributed by atoms with Gasteiger partial charge in [-0.15, -0.1) is 0 Å². The molecule has 39 heavy (non-hydrogen) atoms. The van der Waals surface area contributed by atoms with E-state index in [4.69, 9.17) is 9.47 Å². The van der Waals surface area contributed by atoms with Gasteiger partial charge in [0.15, 0.2) is 5.78 Å². The van der Waals surface area contributed by atoms with Crippen molar-refractivity contribution >= 4 is 17.7 Å².